The molecular formula is C24H28F2N4O5S. The number of nitrogens with zero attached hydrogens (tertiary/aromatic N) is 4. The van der Waals surface area contributed by atoms with E-state index in [2.05, 4.69) is 4.98 Å². The largest absolute Gasteiger partial charge is 0.490 e. The Hall–Kier alpha value is -3.09. The molecule has 194 valence electrons. The first kappa shape index (κ1) is 26.0. The normalized spacial score (nSPS) is 18.7. The summed E-state index contributed by atoms with van der Waals surface area (Å²) in [6, 6.07) is 5.97. The number of thiocarbonyl (C=S) groups is 1. The highest BCUT2D eigenvalue weighted by Crippen LogP contribution is 2.32. The van der Waals surface area contributed by atoms with Crippen molar-refractivity contribution in [2.75, 3.05) is 56.8 Å². The number of hydroxylamine groups is 2. The molecule has 12 heteroatoms. The van der Waals surface area contributed by atoms with Gasteiger partial charge in [0.05, 0.1) is 39.6 Å². The predicted molar refractivity (Wildman–Crippen MR) is 132 cm³/mol. The van der Waals surface area contributed by atoms with Crippen LogP contribution in [0.15, 0.2) is 30.5 Å². The van der Waals surface area contributed by atoms with E-state index in [-0.39, 0.29) is 24.5 Å². The minimum absolute atomic E-state index is 0.107. The average molecular weight is 523 g/mol. The van der Waals surface area contributed by atoms with Crippen LogP contribution in [0.2, 0.25) is 0 Å². The molecule has 0 N–H and O–H groups in total. The molecule has 2 fully saturated rings. The zero-order valence-corrected chi connectivity index (χ0v) is 20.9. The van der Waals surface area contributed by atoms with Crippen LogP contribution in [0.25, 0.3) is 0 Å². The van der Waals surface area contributed by atoms with Gasteiger partial charge in [-0.25, -0.2) is 18.6 Å². The van der Waals surface area contributed by atoms with Gasteiger partial charge in [-0.05, 0) is 24.2 Å². The van der Waals surface area contributed by atoms with Crippen molar-refractivity contribution < 1.29 is 32.6 Å². The third-order valence-corrected chi connectivity index (χ3v) is 6.39. The Kier molecular flexibility index (Phi) is 8.49. The lowest BCUT2D eigenvalue weighted by Gasteiger charge is -2.24. The summed E-state index contributed by atoms with van der Waals surface area (Å²) in [5.41, 5.74) is 0.881. The second-order valence-corrected chi connectivity index (χ2v) is 8.84. The van der Waals surface area contributed by atoms with Gasteiger partial charge in [-0.1, -0.05) is 6.07 Å². The highest BCUT2D eigenvalue weighted by Gasteiger charge is 2.34. The molecule has 0 unspecified atom stereocenters. The Morgan fingerprint density at radius 3 is 2.64 bits per heavy atom. The fourth-order valence-electron chi connectivity index (χ4n) is 4.14. The predicted octanol–water partition coefficient (Wildman–Crippen LogP) is 3.70. The summed E-state index contributed by atoms with van der Waals surface area (Å²) >= 11 is 5.01. The van der Waals surface area contributed by atoms with Gasteiger partial charge in [-0.15, -0.1) is 0 Å². The van der Waals surface area contributed by atoms with E-state index >= 15 is 8.78 Å². The molecule has 0 radical (unpaired) electrons. The van der Waals surface area contributed by atoms with Crippen molar-refractivity contribution >= 4 is 34.7 Å². The fourth-order valence-corrected chi connectivity index (χ4v) is 4.26. The molecule has 2 aliphatic rings. The molecule has 3 heterocycles. The van der Waals surface area contributed by atoms with Gasteiger partial charge in [0, 0.05) is 50.5 Å². The van der Waals surface area contributed by atoms with Gasteiger partial charge in [0.25, 0.3) is 0 Å². The van der Waals surface area contributed by atoms with Crippen molar-refractivity contribution in [3.63, 3.8) is 0 Å². The van der Waals surface area contributed by atoms with E-state index in [0.29, 0.717) is 50.0 Å². The maximum atomic E-state index is 15.2. The number of amides is 1. The molecule has 36 heavy (non-hydrogen) atoms. The van der Waals surface area contributed by atoms with Gasteiger partial charge < -0.3 is 19.1 Å². The van der Waals surface area contributed by atoms with Crippen LogP contribution in [0.1, 0.15) is 18.4 Å². The molecule has 0 spiro atoms. The van der Waals surface area contributed by atoms with Gasteiger partial charge in [0.15, 0.2) is 16.7 Å². The monoisotopic (exact) mass is 522 g/mol. The van der Waals surface area contributed by atoms with E-state index in [1.54, 1.807) is 29.3 Å². The molecule has 9 nitrogen and oxygen atoms in total. The second kappa shape index (κ2) is 11.8. The van der Waals surface area contributed by atoms with E-state index in [1.165, 1.54) is 12.0 Å². The number of hydrogen-bond donors (Lipinski definition) is 0. The maximum Gasteiger partial charge on any atom is 0.414 e. The zero-order chi connectivity index (χ0) is 25.7. The van der Waals surface area contributed by atoms with Crippen LogP contribution in [0, 0.1) is 11.6 Å². The number of methoxy groups -OCH3 is 2. The average Bonchev–Trinajstić information content (AvgIpc) is 3.10. The molecule has 2 aromatic rings. The Morgan fingerprint density at radius 1 is 1.19 bits per heavy atom. The molecular weight excluding hydrogens is 494 g/mol. The van der Waals surface area contributed by atoms with Crippen molar-refractivity contribution in [2.24, 2.45) is 0 Å². The second-order valence-electron chi connectivity index (χ2n) is 8.38. The number of carbonyl (C=O) groups is 1. The number of aromatic nitrogens is 1. The highest BCUT2D eigenvalue weighted by atomic mass is 32.1. The standard InChI is InChI=1S/C24H28F2N4O5S/c1-32-21-5-3-16(13-27-21)14-29-8-7-28(9-10-34-29)23-19(25)11-17(12-20(23)26)30-15-18(35-24(30)31)4-6-22(36)33-2/h3,5,11-13,18H,4,6-10,14-15H2,1-2H3/t18-/m0/s1. The fraction of sp³-hybridized carbons (Fsp3) is 0.458. The molecule has 1 aromatic carbocycles. The molecule has 0 bridgehead atoms. The first-order valence-electron chi connectivity index (χ1n) is 11.5. The number of rotatable bonds is 8. The summed E-state index contributed by atoms with van der Waals surface area (Å²) in [5.74, 6) is -0.992. The summed E-state index contributed by atoms with van der Waals surface area (Å²) in [7, 11) is 3.03. The first-order valence-corrected chi connectivity index (χ1v) is 11.9. The van der Waals surface area contributed by atoms with Crippen LogP contribution in [-0.2, 0) is 20.9 Å². The minimum atomic E-state index is -0.755. The summed E-state index contributed by atoms with van der Waals surface area (Å²) in [4.78, 5) is 25.1. The third-order valence-electron chi connectivity index (χ3n) is 6.02. The Balaban J connectivity index is 1.39. The van der Waals surface area contributed by atoms with Crippen molar-refractivity contribution in [3.8, 4) is 5.88 Å². The SMILES string of the molecule is COC(=S)CC[C@H]1CN(c2cc(F)c(N3CCON(Cc4ccc(OC)nc4)CC3)c(F)c2)C(=O)O1. The summed E-state index contributed by atoms with van der Waals surface area (Å²) in [6.45, 7) is 1.99. The Labute approximate surface area is 213 Å². The van der Waals surface area contributed by atoms with E-state index in [4.69, 9.17) is 31.3 Å². The number of ether oxygens (including phenoxy) is 3. The molecule has 4 rings (SSSR count). The highest BCUT2D eigenvalue weighted by molar-refractivity contribution is 7.80. The maximum absolute atomic E-state index is 15.2. The Morgan fingerprint density at radius 2 is 1.97 bits per heavy atom. The lowest BCUT2D eigenvalue weighted by atomic mass is 10.2. The number of hydrogen-bond acceptors (Lipinski definition) is 9. The molecule has 0 saturated carbocycles. The van der Waals surface area contributed by atoms with Gasteiger partial charge in [-0.2, -0.15) is 5.06 Å². The van der Waals surface area contributed by atoms with Crippen LogP contribution in [0.4, 0.5) is 25.0 Å². The first-order chi connectivity index (χ1) is 17.4. The Bertz CT molecular complexity index is 1070. The molecule has 0 aliphatic carbocycles. The topological polar surface area (TPSA) is 76.6 Å². The van der Waals surface area contributed by atoms with Crippen molar-refractivity contribution in [1.29, 1.82) is 0 Å². The summed E-state index contributed by atoms with van der Waals surface area (Å²) in [5, 5.41) is 2.15. The van der Waals surface area contributed by atoms with E-state index in [1.807, 2.05) is 6.07 Å². The van der Waals surface area contributed by atoms with Crippen molar-refractivity contribution in [2.45, 2.75) is 25.5 Å². The number of benzene rings is 1. The number of pyridine rings is 1. The number of carbonyl (C=O) groups excluding carboxylic acids is 1. The van der Waals surface area contributed by atoms with Crippen LogP contribution in [0.5, 0.6) is 5.88 Å². The summed E-state index contributed by atoms with van der Waals surface area (Å²) in [6.07, 6.45) is 1.52. The molecule has 1 atom stereocenters. The molecule has 2 saturated heterocycles. The number of anilines is 2. The van der Waals surface area contributed by atoms with Crippen molar-refractivity contribution in [3.05, 3.63) is 47.7 Å². The summed E-state index contributed by atoms with van der Waals surface area (Å²) < 4.78 is 45.7. The smallest absolute Gasteiger partial charge is 0.414 e. The van der Waals surface area contributed by atoms with Crippen LogP contribution in [-0.4, -0.2) is 74.3 Å². The molecule has 1 amide bonds. The lowest BCUT2D eigenvalue weighted by Crippen LogP contribution is -2.32. The number of cyclic esters (lactones) is 1. The van der Waals surface area contributed by atoms with Crippen LogP contribution >= 0.6 is 12.2 Å². The van der Waals surface area contributed by atoms with Gasteiger partial charge >= 0.3 is 6.09 Å². The number of halogens is 2. The lowest BCUT2D eigenvalue weighted by molar-refractivity contribution is -0.154. The molecule has 1 aromatic heterocycles. The van der Waals surface area contributed by atoms with E-state index in [9.17, 15) is 4.79 Å². The van der Waals surface area contributed by atoms with Crippen LogP contribution < -0.4 is 14.5 Å². The minimum Gasteiger partial charge on any atom is -0.490 e. The van der Waals surface area contributed by atoms with E-state index < -0.39 is 23.8 Å². The third kappa shape index (κ3) is 6.18. The van der Waals surface area contributed by atoms with Gasteiger partial charge in [0.1, 0.15) is 11.8 Å². The van der Waals surface area contributed by atoms with Crippen LogP contribution in [0.3, 0.4) is 0 Å². The quantitative estimate of drug-likeness (QED) is 0.483. The van der Waals surface area contributed by atoms with Gasteiger partial charge in [0.2, 0.25) is 5.88 Å². The van der Waals surface area contributed by atoms with E-state index in [0.717, 1.165) is 17.7 Å². The molecule has 2 aliphatic heterocycles. The zero-order valence-electron chi connectivity index (χ0n) is 20.1. The van der Waals surface area contributed by atoms with Gasteiger partial charge in [-0.3, -0.25) is 9.74 Å². The van der Waals surface area contributed by atoms with Crippen molar-refractivity contribution in [1.82, 2.24) is 10.0 Å².